The second-order valence-electron chi connectivity index (χ2n) is 7.92. The van der Waals surface area contributed by atoms with Gasteiger partial charge in [-0.25, -0.2) is 0 Å². The third kappa shape index (κ3) is 3.13. The number of unbranched alkanes of at least 4 members (excludes halogenated alkanes) is 2. The van der Waals surface area contributed by atoms with Crippen molar-refractivity contribution in [3.8, 4) is 11.5 Å². The molecule has 1 heterocycles. The second-order valence-corrected chi connectivity index (χ2v) is 7.92. The van der Waals surface area contributed by atoms with Crippen LogP contribution in [0.25, 0.3) is 0 Å². The van der Waals surface area contributed by atoms with Crippen LogP contribution in [-0.4, -0.2) is 10.7 Å². The van der Waals surface area contributed by atoms with E-state index in [1.54, 1.807) is 0 Å². The first-order valence-electron chi connectivity index (χ1n) is 9.15. The predicted molar refractivity (Wildman–Crippen MR) is 95.2 cm³/mol. The lowest BCUT2D eigenvalue weighted by Crippen LogP contribution is -2.45. The summed E-state index contributed by atoms with van der Waals surface area (Å²) in [5.74, 6) is 2.59. The molecule has 2 nitrogen and oxygen atoms in total. The Kier molecular flexibility index (Phi) is 4.44. The lowest BCUT2D eigenvalue weighted by atomic mass is 9.67. The molecule has 2 unspecified atom stereocenters. The molecule has 0 bridgehead atoms. The molecule has 3 atom stereocenters. The fourth-order valence-electron chi connectivity index (χ4n) is 4.28. The molecule has 126 valence electrons. The molecular formula is C21H30O2. The van der Waals surface area contributed by atoms with Crippen molar-refractivity contribution in [1.29, 1.82) is 0 Å². The number of allylic oxidation sites excluding steroid dienone is 1. The molecule has 1 aliphatic carbocycles. The fraction of sp³-hybridized carbons (Fsp3) is 0.619. The summed E-state index contributed by atoms with van der Waals surface area (Å²) in [7, 11) is 0. The molecule has 1 aromatic carbocycles. The Labute approximate surface area is 140 Å². The van der Waals surface area contributed by atoms with Crippen molar-refractivity contribution >= 4 is 0 Å². The predicted octanol–water partition coefficient (Wildman–Crippen LogP) is 5.59. The van der Waals surface area contributed by atoms with Crippen LogP contribution < -0.4 is 4.74 Å². The van der Waals surface area contributed by atoms with Gasteiger partial charge in [-0.2, -0.15) is 0 Å². The van der Waals surface area contributed by atoms with Crippen LogP contribution in [0.2, 0.25) is 0 Å². The summed E-state index contributed by atoms with van der Waals surface area (Å²) in [6, 6.07) is 4.14. The normalized spacial score (nSPS) is 27.9. The van der Waals surface area contributed by atoms with Gasteiger partial charge in [-0.3, -0.25) is 0 Å². The topological polar surface area (TPSA) is 29.5 Å². The Bertz CT molecular complexity index is 600. The minimum atomic E-state index is -0.219. The standard InChI is InChI=1S/C21H30O2/c1-5-6-7-8-15-12-18(22)20-16-11-14(2)9-10-17(16)21(3,4)23-19(20)13-15/h9-10,12-14,16-17,22H,5-8,11H2,1-4H3/t14-,16?,17?/m0/s1. The van der Waals surface area contributed by atoms with Gasteiger partial charge in [0.05, 0.1) is 0 Å². The van der Waals surface area contributed by atoms with E-state index >= 15 is 0 Å². The second kappa shape index (κ2) is 6.22. The third-order valence-electron chi connectivity index (χ3n) is 5.50. The molecule has 3 rings (SSSR count). The van der Waals surface area contributed by atoms with Crippen molar-refractivity contribution in [2.24, 2.45) is 11.8 Å². The van der Waals surface area contributed by atoms with Gasteiger partial charge in [-0.05, 0) is 56.7 Å². The molecule has 23 heavy (non-hydrogen) atoms. The number of phenolic OH excluding ortho intramolecular Hbond substituents is 1. The molecule has 1 aromatic rings. The van der Waals surface area contributed by atoms with Crippen LogP contribution in [-0.2, 0) is 6.42 Å². The molecule has 0 radical (unpaired) electrons. The fourth-order valence-corrected chi connectivity index (χ4v) is 4.28. The van der Waals surface area contributed by atoms with Crippen LogP contribution in [0.15, 0.2) is 24.3 Å². The number of fused-ring (bicyclic) bond motifs is 3. The number of phenols is 1. The van der Waals surface area contributed by atoms with E-state index in [0.717, 1.165) is 24.2 Å². The summed E-state index contributed by atoms with van der Waals surface area (Å²) in [5.41, 5.74) is 2.01. The summed E-state index contributed by atoms with van der Waals surface area (Å²) in [6.07, 6.45) is 10.3. The van der Waals surface area contributed by atoms with Crippen LogP contribution in [0.5, 0.6) is 11.5 Å². The molecule has 2 aliphatic rings. The highest BCUT2D eigenvalue weighted by Gasteiger charge is 2.45. The van der Waals surface area contributed by atoms with Crippen LogP contribution in [0, 0.1) is 11.8 Å². The Morgan fingerprint density at radius 2 is 2.00 bits per heavy atom. The Morgan fingerprint density at radius 3 is 2.74 bits per heavy atom. The smallest absolute Gasteiger partial charge is 0.127 e. The monoisotopic (exact) mass is 314 g/mol. The third-order valence-corrected chi connectivity index (χ3v) is 5.50. The number of rotatable bonds is 4. The lowest BCUT2D eigenvalue weighted by molar-refractivity contribution is 0.0247. The quantitative estimate of drug-likeness (QED) is 0.579. The summed E-state index contributed by atoms with van der Waals surface area (Å²) in [5, 5.41) is 10.7. The largest absolute Gasteiger partial charge is 0.508 e. The molecule has 2 heteroatoms. The first-order valence-corrected chi connectivity index (χ1v) is 9.15. The average molecular weight is 314 g/mol. The van der Waals surface area contributed by atoms with E-state index in [-0.39, 0.29) is 5.60 Å². The number of hydrogen-bond acceptors (Lipinski definition) is 2. The van der Waals surface area contributed by atoms with Gasteiger partial charge in [0, 0.05) is 17.4 Å². The van der Waals surface area contributed by atoms with Crippen molar-refractivity contribution in [1.82, 2.24) is 0 Å². The Hall–Kier alpha value is -1.44. The van der Waals surface area contributed by atoms with E-state index in [2.05, 4.69) is 45.9 Å². The van der Waals surface area contributed by atoms with E-state index in [1.165, 1.54) is 24.8 Å². The summed E-state index contributed by atoms with van der Waals surface area (Å²) < 4.78 is 6.34. The van der Waals surface area contributed by atoms with Gasteiger partial charge in [0.15, 0.2) is 0 Å². The summed E-state index contributed by atoms with van der Waals surface area (Å²) in [4.78, 5) is 0. The lowest BCUT2D eigenvalue weighted by Gasteiger charge is -2.46. The van der Waals surface area contributed by atoms with Crippen molar-refractivity contribution in [2.45, 2.75) is 71.3 Å². The van der Waals surface area contributed by atoms with E-state index < -0.39 is 0 Å². The minimum absolute atomic E-state index is 0.219. The number of aryl methyl sites for hydroxylation is 1. The SMILES string of the molecule is CCCCCc1cc(O)c2c(c1)OC(C)(C)C1C=C[C@H](C)CC21. The summed E-state index contributed by atoms with van der Waals surface area (Å²) in [6.45, 7) is 8.82. The maximum atomic E-state index is 10.7. The van der Waals surface area contributed by atoms with Gasteiger partial charge in [0.2, 0.25) is 0 Å². The van der Waals surface area contributed by atoms with Crippen LogP contribution in [0.3, 0.4) is 0 Å². The van der Waals surface area contributed by atoms with Gasteiger partial charge in [-0.1, -0.05) is 38.8 Å². The Balaban J connectivity index is 1.97. The van der Waals surface area contributed by atoms with E-state index in [1.807, 2.05) is 6.07 Å². The number of hydrogen-bond donors (Lipinski definition) is 1. The highest BCUT2D eigenvalue weighted by atomic mass is 16.5. The first kappa shape index (κ1) is 16.4. The van der Waals surface area contributed by atoms with Crippen molar-refractivity contribution < 1.29 is 9.84 Å². The number of ether oxygens (including phenoxy) is 1. The average Bonchev–Trinajstić information content (AvgIpc) is 2.46. The van der Waals surface area contributed by atoms with Crippen LogP contribution in [0.1, 0.15) is 70.4 Å². The van der Waals surface area contributed by atoms with E-state index in [0.29, 0.717) is 23.5 Å². The molecule has 0 fully saturated rings. The highest BCUT2D eigenvalue weighted by Crippen LogP contribution is 2.53. The summed E-state index contributed by atoms with van der Waals surface area (Å²) >= 11 is 0. The van der Waals surface area contributed by atoms with Gasteiger partial charge < -0.3 is 9.84 Å². The zero-order chi connectivity index (χ0) is 16.6. The molecule has 0 saturated carbocycles. The van der Waals surface area contributed by atoms with Crippen LogP contribution in [0.4, 0.5) is 0 Å². The molecule has 0 aromatic heterocycles. The zero-order valence-electron chi connectivity index (χ0n) is 14.9. The molecular weight excluding hydrogens is 284 g/mol. The number of benzene rings is 1. The maximum absolute atomic E-state index is 10.7. The van der Waals surface area contributed by atoms with Crippen molar-refractivity contribution in [2.75, 3.05) is 0 Å². The zero-order valence-corrected chi connectivity index (χ0v) is 14.9. The van der Waals surface area contributed by atoms with Crippen molar-refractivity contribution in [3.63, 3.8) is 0 Å². The van der Waals surface area contributed by atoms with E-state index in [4.69, 9.17) is 4.74 Å². The first-order chi connectivity index (χ1) is 10.9. The van der Waals surface area contributed by atoms with Gasteiger partial charge >= 0.3 is 0 Å². The van der Waals surface area contributed by atoms with Crippen molar-refractivity contribution in [3.05, 3.63) is 35.4 Å². The number of aromatic hydroxyl groups is 1. The molecule has 0 amide bonds. The van der Waals surface area contributed by atoms with Gasteiger partial charge in [0.25, 0.3) is 0 Å². The Morgan fingerprint density at radius 1 is 1.22 bits per heavy atom. The highest BCUT2D eigenvalue weighted by molar-refractivity contribution is 5.52. The molecule has 0 saturated heterocycles. The molecule has 0 spiro atoms. The molecule has 1 aliphatic heterocycles. The van der Waals surface area contributed by atoms with Gasteiger partial charge in [0.1, 0.15) is 17.1 Å². The van der Waals surface area contributed by atoms with Crippen LogP contribution >= 0.6 is 0 Å². The molecule has 1 N–H and O–H groups in total. The minimum Gasteiger partial charge on any atom is -0.508 e. The van der Waals surface area contributed by atoms with E-state index in [9.17, 15) is 5.11 Å². The maximum Gasteiger partial charge on any atom is 0.127 e. The van der Waals surface area contributed by atoms with Gasteiger partial charge in [-0.15, -0.1) is 0 Å².